The van der Waals surface area contributed by atoms with Crippen LogP contribution in [0.25, 0.3) is 0 Å². The normalized spacial score (nSPS) is 10.1. The first kappa shape index (κ1) is 10.5. The van der Waals surface area contributed by atoms with Crippen LogP contribution in [-0.4, -0.2) is 10.1 Å². The molecule has 0 radical (unpaired) electrons. The fraction of sp³-hybridized carbons (Fsp3) is 0.154. The van der Waals surface area contributed by atoms with Crippen molar-refractivity contribution >= 4 is 0 Å². The molecule has 16 heavy (non-hydrogen) atoms. The van der Waals surface area contributed by atoms with Gasteiger partial charge in [0.2, 0.25) is 0 Å². The molecule has 0 spiro atoms. The van der Waals surface area contributed by atoms with Crippen molar-refractivity contribution in [2.45, 2.75) is 13.5 Å². The van der Waals surface area contributed by atoms with Crippen molar-refractivity contribution in [2.24, 2.45) is 0 Å². The van der Waals surface area contributed by atoms with Crippen molar-refractivity contribution in [1.82, 2.24) is 4.98 Å². The summed E-state index contributed by atoms with van der Waals surface area (Å²) in [6.45, 7) is 2.45. The predicted molar refractivity (Wildman–Crippen MR) is 61.4 cm³/mol. The highest BCUT2D eigenvalue weighted by molar-refractivity contribution is 5.32. The molecule has 2 aromatic rings. The number of aryl methyl sites for hydroxylation is 1. The van der Waals surface area contributed by atoms with E-state index in [0.29, 0.717) is 12.4 Å². The first-order valence-electron chi connectivity index (χ1n) is 5.06. The minimum Gasteiger partial charge on any atom is -0.508 e. The number of benzene rings is 1. The van der Waals surface area contributed by atoms with E-state index in [1.54, 1.807) is 30.6 Å². The average Bonchev–Trinajstić information content (AvgIpc) is 2.27. The molecule has 0 aliphatic carbocycles. The van der Waals surface area contributed by atoms with Gasteiger partial charge in [-0.2, -0.15) is 0 Å². The molecule has 0 aliphatic rings. The molecule has 1 aromatic heterocycles. The van der Waals surface area contributed by atoms with Crippen molar-refractivity contribution in [3.8, 4) is 11.5 Å². The highest BCUT2D eigenvalue weighted by atomic mass is 16.5. The molecular weight excluding hydrogens is 202 g/mol. The minimum atomic E-state index is 0.208. The summed E-state index contributed by atoms with van der Waals surface area (Å²) in [6.07, 6.45) is 3.58. The molecule has 3 heteroatoms. The molecule has 0 atom stereocenters. The Morgan fingerprint density at radius 1 is 1.25 bits per heavy atom. The van der Waals surface area contributed by atoms with E-state index in [2.05, 4.69) is 4.98 Å². The van der Waals surface area contributed by atoms with Crippen LogP contribution in [0.4, 0.5) is 0 Å². The maximum Gasteiger partial charge on any atom is 0.123 e. The van der Waals surface area contributed by atoms with E-state index in [1.807, 2.05) is 19.1 Å². The van der Waals surface area contributed by atoms with Gasteiger partial charge < -0.3 is 9.84 Å². The molecule has 0 saturated carbocycles. The largest absolute Gasteiger partial charge is 0.508 e. The van der Waals surface area contributed by atoms with E-state index in [0.717, 1.165) is 11.1 Å². The number of hydrogen-bond acceptors (Lipinski definition) is 3. The third kappa shape index (κ3) is 2.73. The second kappa shape index (κ2) is 4.66. The summed E-state index contributed by atoms with van der Waals surface area (Å²) in [4.78, 5) is 4.08. The highest BCUT2D eigenvalue weighted by Crippen LogP contribution is 2.18. The number of phenols is 1. The van der Waals surface area contributed by atoms with E-state index in [4.69, 9.17) is 4.74 Å². The predicted octanol–water partition coefficient (Wildman–Crippen LogP) is 2.67. The molecule has 2 rings (SSSR count). The Morgan fingerprint density at radius 2 is 2.12 bits per heavy atom. The Hall–Kier alpha value is -2.03. The van der Waals surface area contributed by atoms with Crippen LogP contribution in [0.2, 0.25) is 0 Å². The van der Waals surface area contributed by atoms with Gasteiger partial charge >= 0.3 is 0 Å². The number of ether oxygens (including phenoxy) is 1. The lowest BCUT2D eigenvalue weighted by Gasteiger charge is -2.06. The molecular formula is C13H13NO2. The molecule has 1 aromatic carbocycles. The third-order valence-corrected chi connectivity index (χ3v) is 2.15. The van der Waals surface area contributed by atoms with Crippen molar-refractivity contribution < 1.29 is 9.84 Å². The van der Waals surface area contributed by atoms with Gasteiger partial charge in [-0.3, -0.25) is 4.98 Å². The van der Waals surface area contributed by atoms with Gasteiger partial charge in [0.25, 0.3) is 0 Å². The molecule has 3 nitrogen and oxygen atoms in total. The molecule has 82 valence electrons. The van der Waals surface area contributed by atoms with Gasteiger partial charge in [-0.05, 0) is 30.7 Å². The Morgan fingerprint density at radius 3 is 2.88 bits per heavy atom. The van der Waals surface area contributed by atoms with Crippen molar-refractivity contribution in [2.75, 3.05) is 0 Å². The number of nitrogens with zero attached hydrogens (tertiary/aromatic N) is 1. The highest BCUT2D eigenvalue weighted by Gasteiger charge is 1.97. The molecule has 0 aliphatic heterocycles. The first-order chi connectivity index (χ1) is 7.74. The van der Waals surface area contributed by atoms with Crippen LogP contribution >= 0.6 is 0 Å². The van der Waals surface area contributed by atoms with Crippen molar-refractivity contribution in [3.05, 3.63) is 53.9 Å². The van der Waals surface area contributed by atoms with Gasteiger partial charge in [-0.25, -0.2) is 0 Å². The second-order valence-electron chi connectivity index (χ2n) is 3.66. The van der Waals surface area contributed by atoms with E-state index in [9.17, 15) is 5.11 Å². The maximum absolute atomic E-state index is 9.26. The van der Waals surface area contributed by atoms with Crippen LogP contribution in [-0.2, 0) is 6.61 Å². The second-order valence-corrected chi connectivity index (χ2v) is 3.66. The molecule has 0 fully saturated rings. The van der Waals surface area contributed by atoms with E-state index < -0.39 is 0 Å². The van der Waals surface area contributed by atoms with Crippen molar-refractivity contribution in [3.63, 3.8) is 0 Å². The lowest BCUT2D eigenvalue weighted by Crippen LogP contribution is -1.96. The monoisotopic (exact) mass is 215 g/mol. The van der Waals surface area contributed by atoms with Gasteiger partial charge in [0.1, 0.15) is 18.1 Å². The Bertz CT molecular complexity index is 437. The fourth-order valence-corrected chi connectivity index (χ4v) is 1.44. The van der Waals surface area contributed by atoms with E-state index >= 15 is 0 Å². The Labute approximate surface area is 94.3 Å². The van der Waals surface area contributed by atoms with E-state index in [1.165, 1.54) is 0 Å². The smallest absolute Gasteiger partial charge is 0.123 e. The van der Waals surface area contributed by atoms with Gasteiger partial charge in [0.15, 0.2) is 0 Å². The van der Waals surface area contributed by atoms with Crippen LogP contribution in [0.1, 0.15) is 11.1 Å². The molecule has 0 amide bonds. The van der Waals surface area contributed by atoms with Crippen LogP contribution in [0.3, 0.4) is 0 Å². The molecule has 0 bridgehead atoms. The van der Waals surface area contributed by atoms with Gasteiger partial charge in [0, 0.05) is 24.0 Å². The summed E-state index contributed by atoms with van der Waals surface area (Å²) in [5, 5.41) is 9.26. The molecule has 0 saturated heterocycles. The van der Waals surface area contributed by atoms with Crippen LogP contribution in [0.15, 0.2) is 42.7 Å². The van der Waals surface area contributed by atoms with Gasteiger partial charge in [-0.15, -0.1) is 0 Å². The summed E-state index contributed by atoms with van der Waals surface area (Å²) < 4.78 is 5.53. The number of pyridine rings is 1. The molecule has 0 unspecified atom stereocenters. The number of rotatable bonds is 3. The zero-order valence-electron chi connectivity index (χ0n) is 9.05. The van der Waals surface area contributed by atoms with Crippen LogP contribution < -0.4 is 4.74 Å². The summed E-state index contributed by atoms with van der Waals surface area (Å²) in [7, 11) is 0. The first-order valence-corrected chi connectivity index (χ1v) is 5.06. The van der Waals surface area contributed by atoms with Gasteiger partial charge in [0.05, 0.1) is 0 Å². The Kier molecular flexibility index (Phi) is 3.05. The summed E-state index contributed by atoms with van der Waals surface area (Å²) >= 11 is 0. The lowest BCUT2D eigenvalue weighted by atomic mass is 10.2. The quantitative estimate of drug-likeness (QED) is 0.855. The minimum absolute atomic E-state index is 0.208. The maximum atomic E-state index is 9.26. The number of aromatic nitrogens is 1. The zero-order chi connectivity index (χ0) is 11.4. The van der Waals surface area contributed by atoms with Crippen molar-refractivity contribution in [1.29, 1.82) is 0 Å². The average molecular weight is 215 g/mol. The molecule has 1 N–H and O–H groups in total. The topological polar surface area (TPSA) is 42.4 Å². The van der Waals surface area contributed by atoms with Crippen LogP contribution in [0, 0.1) is 6.92 Å². The lowest BCUT2D eigenvalue weighted by molar-refractivity contribution is 0.304. The number of aromatic hydroxyl groups is 1. The summed E-state index contributed by atoms with van der Waals surface area (Å²) in [6, 6.07) is 8.78. The Balaban J connectivity index is 2.02. The number of phenolic OH excluding ortho intramolecular Hbond substituents is 1. The third-order valence-electron chi connectivity index (χ3n) is 2.15. The fourth-order valence-electron chi connectivity index (χ4n) is 1.44. The van der Waals surface area contributed by atoms with Gasteiger partial charge in [-0.1, -0.05) is 6.07 Å². The van der Waals surface area contributed by atoms with Crippen LogP contribution in [0.5, 0.6) is 11.5 Å². The molecule has 1 heterocycles. The standard InChI is InChI=1S/C13H13NO2/c1-10-5-11(8-14-7-10)9-16-13-4-2-3-12(15)6-13/h2-8,15H,9H2,1H3. The number of hydrogen-bond donors (Lipinski definition) is 1. The van der Waals surface area contributed by atoms with E-state index in [-0.39, 0.29) is 5.75 Å². The zero-order valence-corrected chi connectivity index (χ0v) is 9.05. The summed E-state index contributed by atoms with van der Waals surface area (Å²) in [5.41, 5.74) is 2.13. The summed E-state index contributed by atoms with van der Waals surface area (Å²) in [5.74, 6) is 0.862. The SMILES string of the molecule is Cc1cncc(COc2cccc(O)c2)c1.